The number of carbonyl (C=O) groups excluding carboxylic acids is 1. The maximum Gasteiger partial charge on any atom is 0.222 e. The summed E-state index contributed by atoms with van der Waals surface area (Å²) in [7, 11) is 1.68. The Labute approximate surface area is 214 Å². The van der Waals surface area contributed by atoms with Gasteiger partial charge in [-0.05, 0) is 85.3 Å². The molecular weight excluding hydrogens is 520 g/mol. The molecule has 1 aromatic rings. The number of hydrazine groups is 1. The Morgan fingerprint density at radius 2 is 2.12 bits per heavy atom. The van der Waals surface area contributed by atoms with Crippen LogP contribution < -0.4 is 26.6 Å². The zero-order chi connectivity index (χ0) is 24.7. The predicted molar refractivity (Wildman–Crippen MR) is 142 cm³/mol. The van der Waals surface area contributed by atoms with E-state index < -0.39 is 0 Å². The topological polar surface area (TPSA) is 121 Å². The number of carbonyl (C=O) groups is 1. The Hall–Kier alpha value is -2.07. The largest absolute Gasteiger partial charge is 0.463 e. The summed E-state index contributed by atoms with van der Waals surface area (Å²) < 4.78 is 6.62. The minimum atomic E-state index is 0.0406. The van der Waals surface area contributed by atoms with Gasteiger partial charge in [0.05, 0.1) is 27.1 Å². The highest BCUT2D eigenvalue weighted by molar-refractivity contribution is 9.10. The van der Waals surface area contributed by atoms with Gasteiger partial charge in [0.2, 0.25) is 5.91 Å². The molecule has 3 rings (SSSR count). The van der Waals surface area contributed by atoms with E-state index in [-0.39, 0.29) is 11.8 Å². The molecule has 1 saturated heterocycles. The Morgan fingerprint density at radius 3 is 2.79 bits per heavy atom. The van der Waals surface area contributed by atoms with Crippen LogP contribution in [0.2, 0.25) is 0 Å². The van der Waals surface area contributed by atoms with E-state index in [1.54, 1.807) is 24.4 Å². The summed E-state index contributed by atoms with van der Waals surface area (Å²) >= 11 is 9.68. The first-order chi connectivity index (χ1) is 16.3. The van der Waals surface area contributed by atoms with Crippen molar-refractivity contribution in [2.24, 2.45) is 17.7 Å². The SMILES string of the molecule is CNC(=O)C1CCCN(CC(=C\Oc2ccc(N(N)CC3CC3)c(N)c2Br)/C=C(/Cl)C=N)CC1. The fourth-order valence-electron chi connectivity index (χ4n) is 4.09. The number of amides is 1. The van der Waals surface area contributed by atoms with E-state index in [9.17, 15) is 4.79 Å². The Kier molecular flexibility index (Phi) is 9.82. The van der Waals surface area contributed by atoms with Crippen molar-refractivity contribution in [3.05, 3.63) is 39.5 Å². The smallest absolute Gasteiger partial charge is 0.222 e. The first kappa shape index (κ1) is 26.5. The Morgan fingerprint density at radius 1 is 1.35 bits per heavy atom. The van der Waals surface area contributed by atoms with Gasteiger partial charge in [-0.2, -0.15) is 0 Å². The second-order valence-electron chi connectivity index (χ2n) is 8.91. The van der Waals surface area contributed by atoms with Crippen LogP contribution in [0.4, 0.5) is 11.4 Å². The fourth-order valence-corrected chi connectivity index (χ4v) is 4.66. The van der Waals surface area contributed by atoms with Crippen molar-refractivity contribution < 1.29 is 9.53 Å². The number of ether oxygens (including phenoxy) is 1. The fraction of sp³-hybridized carbons (Fsp3) is 0.500. The maximum atomic E-state index is 12.0. The molecule has 34 heavy (non-hydrogen) atoms. The number of nitrogens with zero attached hydrogens (tertiary/aromatic N) is 2. The van der Waals surface area contributed by atoms with Crippen molar-refractivity contribution in [3.63, 3.8) is 0 Å². The molecule has 8 nitrogen and oxygen atoms in total. The van der Waals surface area contributed by atoms with E-state index in [0.717, 1.165) is 56.4 Å². The number of hydrogen-bond donors (Lipinski definition) is 4. The molecule has 10 heteroatoms. The number of hydrogen-bond acceptors (Lipinski definition) is 7. The van der Waals surface area contributed by atoms with Gasteiger partial charge in [-0.1, -0.05) is 11.6 Å². The first-order valence-corrected chi connectivity index (χ1v) is 12.8. The summed E-state index contributed by atoms with van der Waals surface area (Å²) in [5, 5.41) is 12.2. The van der Waals surface area contributed by atoms with Crippen LogP contribution in [-0.4, -0.2) is 50.2 Å². The number of nitrogens with one attached hydrogen (secondary N) is 2. The minimum absolute atomic E-state index is 0.0406. The van der Waals surface area contributed by atoms with Crippen LogP contribution in [0.5, 0.6) is 5.75 Å². The molecule has 1 atom stereocenters. The van der Waals surface area contributed by atoms with Crippen LogP contribution in [0.15, 0.2) is 39.5 Å². The molecule has 186 valence electrons. The van der Waals surface area contributed by atoms with Crippen LogP contribution >= 0.6 is 27.5 Å². The van der Waals surface area contributed by atoms with Gasteiger partial charge in [0.25, 0.3) is 0 Å². The lowest BCUT2D eigenvalue weighted by molar-refractivity contribution is -0.124. The van der Waals surface area contributed by atoms with Gasteiger partial charge in [0.1, 0.15) is 5.75 Å². The number of rotatable bonds is 10. The van der Waals surface area contributed by atoms with Crippen LogP contribution in [0, 0.1) is 17.2 Å². The average Bonchev–Trinajstić information content (AvgIpc) is 3.66. The van der Waals surface area contributed by atoms with Crippen LogP contribution in [-0.2, 0) is 4.79 Å². The summed E-state index contributed by atoms with van der Waals surface area (Å²) in [6.07, 6.45) is 9.48. The lowest BCUT2D eigenvalue weighted by atomic mass is 10.00. The number of anilines is 2. The summed E-state index contributed by atoms with van der Waals surface area (Å²) in [6, 6.07) is 3.69. The van der Waals surface area contributed by atoms with Gasteiger partial charge in [0.15, 0.2) is 0 Å². The number of nitrogen functional groups attached to an aromatic ring is 1. The second kappa shape index (κ2) is 12.6. The van der Waals surface area contributed by atoms with Crippen molar-refractivity contribution in [2.75, 3.05) is 44.0 Å². The summed E-state index contributed by atoms with van der Waals surface area (Å²) in [4.78, 5) is 14.3. The molecule has 1 amide bonds. The van der Waals surface area contributed by atoms with E-state index in [4.69, 9.17) is 33.3 Å². The lowest BCUT2D eigenvalue weighted by Crippen LogP contribution is -2.33. The molecule has 0 bridgehead atoms. The molecule has 0 spiro atoms. The van der Waals surface area contributed by atoms with Gasteiger partial charge >= 0.3 is 0 Å². The van der Waals surface area contributed by atoms with Gasteiger partial charge in [0, 0.05) is 37.8 Å². The van der Waals surface area contributed by atoms with E-state index in [0.29, 0.717) is 33.4 Å². The normalized spacial score (nSPS) is 19.9. The molecule has 1 saturated carbocycles. The minimum Gasteiger partial charge on any atom is -0.463 e. The standard InChI is InChI=1S/C24H34BrClN6O2/c1-30-24(33)18-3-2-9-31(10-8-18)13-17(11-19(26)12-27)15-34-21-7-6-20(23(28)22(21)25)32(29)14-16-4-5-16/h6-7,11-12,15-16,18,27H,2-5,8-10,13-14,28-29H2,1H3,(H,30,33)/b17-15-,19-11+,27-12?. The number of benzene rings is 1. The molecule has 1 aromatic carbocycles. The molecule has 6 N–H and O–H groups in total. The van der Waals surface area contributed by atoms with E-state index in [1.165, 1.54) is 12.8 Å². The quantitative estimate of drug-likeness (QED) is 0.0868. The maximum absolute atomic E-state index is 12.0. The summed E-state index contributed by atoms with van der Waals surface area (Å²) in [6.45, 7) is 3.04. The molecule has 0 radical (unpaired) electrons. The molecule has 1 aliphatic carbocycles. The third-order valence-corrected chi connectivity index (χ3v) is 7.26. The van der Waals surface area contributed by atoms with Gasteiger partial charge in [-0.3, -0.25) is 9.69 Å². The summed E-state index contributed by atoms with van der Waals surface area (Å²) in [5.41, 5.74) is 8.43. The highest BCUT2D eigenvalue weighted by atomic mass is 79.9. The van der Waals surface area contributed by atoms with Gasteiger partial charge < -0.3 is 26.2 Å². The van der Waals surface area contributed by atoms with Gasteiger partial charge in [-0.25, -0.2) is 5.84 Å². The molecule has 1 unspecified atom stereocenters. The van der Waals surface area contributed by atoms with Crippen molar-refractivity contribution in [3.8, 4) is 5.75 Å². The van der Waals surface area contributed by atoms with Crippen LogP contribution in [0.25, 0.3) is 0 Å². The number of allylic oxidation sites excluding steroid dienone is 1. The molecule has 1 aliphatic heterocycles. The monoisotopic (exact) mass is 552 g/mol. The number of likely N-dealkylation sites (tertiary alicyclic amines) is 1. The highest BCUT2D eigenvalue weighted by Crippen LogP contribution is 2.39. The van der Waals surface area contributed by atoms with Crippen LogP contribution in [0.3, 0.4) is 0 Å². The zero-order valence-corrected chi connectivity index (χ0v) is 21.9. The predicted octanol–water partition coefficient (Wildman–Crippen LogP) is 4.00. The highest BCUT2D eigenvalue weighted by Gasteiger charge is 2.25. The van der Waals surface area contributed by atoms with Crippen LogP contribution in [0.1, 0.15) is 32.1 Å². The average molecular weight is 554 g/mol. The molecule has 1 heterocycles. The lowest BCUT2D eigenvalue weighted by Gasteiger charge is -2.22. The third kappa shape index (κ3) is 7.46. The van der Waals surface area contributed by atoms with Crippen molar-refractivity contribution in [1.29, 1.82) is 5.41 Å². The zero-order valence-electron chi connectivity index (χ0n) is 19.5. The van der Waals surface area contributed by atoms with E-state index >= 15 is 0 Å². The summed E-state index contributed by atoms with van der Waals surface area (Å²) in [5.74, 6) is 7.55. The number of halogens is 2. The van der Waals surface area contributed by atoms with E-state index in [2.05, 4.69) is 26.1 Å². The molecule has 0 aromatic heterocycles. The number of nitrogens with two attached hydrogens (primary N) is 2. The van der Waals surface area contributed by atoms with Crippen molar-refractivity contribution in [1.82, 2.24) is 10.2 Å². The Balaban J connectivity index is 1.72. The first-order valence-electron chi connectivity index (χ1n) is 11.6. The van der Waals surface area contributed by atoms with Crippen molar-refractivity contribution >= 4 is 51.0 Å². The molecule has 2 aliphatic rings. The van der Waals surface area contributed by atoms with E-state index in [1.807, 2.05) is 12.1 Å². The third-order valence-electron chi connectivity index (χ3n) is 6.23. The molecule has 2 fully saturated rings. The van der Waals surface area contributed by atoms with Gasteiger partial charge in [-0.15, -0.1) is 0 Å². The molecular formula is C24H34BrClN6O2. The second-order valence-corrected chi connectivity index (χ2v) is 10.1. The Bertz CT molecular complexity index is 950. The van der Waals surface area contributed by atoms with Crippen molar-refractivity contribution in [2.45, 2.75) is 32.1 Å².